The van der Waals surface area contributed by atoms with Gasteiger partial charge in [0.05, 0.1) is 17.8 Å². The van der Waals surface area contributed by atoms with Crippen LogP contribution in [0.25, 0.3) is 11.1 Å². The molecule has 1 unspecified atom stereocenters. The molecule has 16 nitrogen and oxygen atoms in total. The fourth-order valence-corrected chi connectivity index (χ4v) is 9.97. The third kappa shape index (κ3) is 10.9. The number of aliphatic hydroxyl groups is 1. The van der Waals surface area contributed by atoms with Gasteiger partial charge in [0.1, 0.15) is 18.1 Å². The lowest BCUT2D eigenvalue weighted by Gasteiger charge is -2.64. The average Bonchev–Trinajstić information content (AvgIpc) is 3.64. The monoisotopic (exact) mass is 873 g/mol. The average molecular weight is 873 g/mol. The summed E-state index contributed by atoms with van der Waals surface area (Å²) in [5.41, 5.74) is 21.8. The maximum atomic E-state index is 13.6. The van der Waals surface area contributed by atoms with Gasteiger partial charge >= 0.3 is 7.12 Å². The van der Waals surface area contributed by atoms with Gasteiger partial charge in [-0.15, -0.1) is 0 Å². The van der Waals surface area contributed by atoms with Crippen LogP contribution >= 0.6 is 0 Å². The molecule has 3 aliphatic carbocycles. The molecule has 0 radical (unpaired) electrons. The van der Waals surface area contributed by atoms with E-state index in [2.05, 4.69) is 73.2 Å². The number of carbonyl (C=O) groups excluding carboxylic acids is 5. The third-order valence-corrected chi connectivity index (χ3v) is 14.2. The second-order valence-electron chi connectivity index (χ2n) is 18.9. The van der Waals surface area contributed by atoms with Crippen LogP contribution in [0.5, 0.6) is 0 Å². The molecule has 2 aromatic rings. The molecule has 5 aliphatic rings. The number of aliphatic hydroxyl groups excluding tert-OH is 1. The summed E-state index contributed by atoms with van der Waals surface area (Å²) in [5.74, 6) is -2.61. The first-order chi connectivity index (χ1) is 30.0. The van der Waals surface area contributed by atoms with Gasteiger partial charge in [0.15, 0.2) is 6.17 Å². The van der Waals surface area contributed by atoms with Crippen LogP contribution in [0.15, 0.2) is 48.5 Å². The predicted molar refractivity (Wildman–Crippen MR) is 240 cm³/mol. The molecule has 63 heavy (non-hydrogen) atoms. The number of hydrogen-bond acceptors (Lipinski definition) is 11. The zero-order chi connectivity index (χ0) is 45.6. The molecule has 0 spiro atoms. The summed E-state index contributed by atoms with van der Waals surface area (Å²) in [7, 11) is -0.879. The topological polar surface area (TPSA) is 253 Å². The lowest BCUT2D eigenvalue weighted by Crippen LogP contribution is -2.65. The Labute approximate surface area is 372 Å². The van der Waals surface area contributed by atoms with Crippen LogP contribution < -0.4 is 38.5 Å². The van der Waals surface area contributed by atoms with E-state index >= 15 is 0 Å². The fraction of sp³-hybridized carbons (Fsp3) is 0.630. The van der Waals surface area contributed by atoms with Crippen molar-refractivity contribution in [3.63, 3.8) is 0 Å². The number of nitrogens with two attached hydrogens (primary N) is 3. The molecule has 2 aromatic carbocycles. The Hall–Kier alpha value is -4.39. The number of carbonyl (C=O) groups is 5. The van der Waals surface area contributed by atoms with E-state index in [0.29, 0.717) is 62.7 Å². The van der Waals surface area contributed by atoms with Gasteiger partial charge in [-0.3, -0.25) is 24.0 Å². The van der Waals surface area contributed by atoms with E-state index in [1.165, 1.54) is 12.5 Å². The number of benzene rings is 2. The highest BCUT2D eigenvalue weighted by Crippen LogP contribution is 2.65. The first kappa shape index (κ1) is 48.1. The maximum absolute atomic E-state index is 13.6. The summed E-state index contributed by atoms with van der Waals surface area (Å²) in [6.45, 7) is 11.1. The predicted octanol–water partition coefficient (Wildman–Crippen LogP) is 2.10. The molecule has 5 amide bonds. The van der Waals surface area contributed by atoms with Crippen LogP contribution in [0.3, 0.4) is 0 Å². The molecule has 344 valence electrons. The summed E-state index contributed by atoms with van der Waals surface area (Å²) < 4.78 is 12.6. The van der Waals surface area contributed by atoms with E-state index in [-0.39, 0.29) is 23.8 Å². The Kier molecular flexibility index (Phi) is 15.7. The summed E-state index contributed by atoms with van der Waals surface area (Å²) in [6.07, 6.45) is 4.18. The van der Waals surface area contributed by atoms with Crippen molar-refractivity contribution in [3.8, 4) is 11.1 Å². The standard InChI is InChI=1S/C46H69BN8O8/c1-6-7-10-28-12-14-29(15-13-28)30-16-18-32(19-17-30)43(61)55-23-20-31(21-24-55)39(57)52-37(27(2)56)41(59)53-38(49)42(60)51-34(11-8-9-22-48)40(58)54-44(50)47-62-36-26-33-25-35(45(33,3)4)46(36,5)63-47/h12-19,27,31,33-38,44,56H,6-11,20-26,48-50H2,1-5H3,(H,51,60)(H,52,57)(H,53,59)(H,54,58)/t27-,33+,34+,35+,36?,37+,38-,44-,46+/m1/s1. The molecule has 2 bridgehead atoms. The zero-order valence-electron chi connectivity index (χ0n) is 37.6. The van der Waals surface area contributed by atoms with Crippen molar-refractivity contribution in [2.24, 2.45) is 40.4 Å². The van der Waals surface area contributed by atoms with Gasteiger partial charge in [0.2, 0.25) is 17.7 Å². The molecule has 17 heteroatoms. The minimum absolute atomic E-state index is 0.127. The molecule has 3 saturated carbocycles. The minimum atomic E-state index is -1.63. The highest BCUT2D eigenvalue weighted by atomic mass is 16.7. The van der Waals surface area contributed by atoms with E-state index in [1.54, 1.807) is 4.90 Å². The quantitative estimate of drug-likeness (QED) is 0.0577. The summed E-state index contributed by atoms with van der Waals surface area (Å²) in [5, 5.41) is 20.8. The van der Waals surface area contributed by atoms with Gasteiger partial charge < -0.3 is 57.8 Å². The minimum Gasteiger partial charge on any atom is -0.403 e. The number of rotatable bonds is 19. The Morgan fingerprint density at radius 2 is 1.51 bits per heavy atom. The van der Waals surface area contributed by atoms with Gasteiger partial charge in [-0.05, 0) is 124 Å². The summed E-state index contributed by atoms with van der Waals surface area (Å²) >= 11 is 0. The van der Waals surface area contributed by atoms with Crippen LogP contribution in [-0.2, 0) is 34.9 Å². The second kappa shape index (κ2) is 20.6. The normalized spacial score (nSPS) is 25.1. The number of amides is 5. The van der Waals surface area contributed by atoms with Crippen LogP contribution in [-0.4, -0.2) is 108 Å². The van der Waals surface area contributed by atoms with Crippen molar-refractivity contribution in [2.45, 2.75) is 141 Å². The summed E-state index contributed by atoms with van der Waals surface area (Å²) in [6, 6.07) is 12.5. The van der Waals surface area contributed by atoms with Gasteiger partial charge in [-0.1, -0.05) is 63.6 Å². The molecule has 2 aliphatic heterocycles. The van der Waals surface area contributed by atoms with E-state index in [1.807, 2.05) is 24.3 Å². The van der Waals surface area contributed by atoms with Crippen LogP contribution in [0.4, 0.5) is 0 Å². The van der Waals surface area contributed by atoms with Gasteiger partial charge in [0, 0.05) is 24.6 Å². The Balaban J connectivity index is 0.966. The lowest BCUT2D eigenvalue weighted by atomic mass is 9.43. The summed E-state index contributed by atoms with van der Waals surface area (Å²) in [4.78, 5) is 68.8. The molecular formula is C46H69BN8O8. The number of nitrogens with zero attached hydrogens (tertiary/aromatic N) is 1. The van der Waals surface area contributed by atoms with Gasteiger partial charge in [-0.25, -0.2) is 0 Å². The van der Waals surface area contributed by atoms with Crippen molar-refractivity contribution in [1.29, 1.82) is 0 Å². The third-order valence-electron chi connectivity index (χ3n) is 14.2. The smallest absolute Gasteiger partial charge is 0.403 e. The Morgan fingerprint density at radius 1 is 0.857 bits per heavy atom. The number of unbranched alkanes of at least 4 members (excludes halogenated alkanes) is 2. The Morgan fingerprint density at radius 3 is 2.11 bits per heavy atom. The largest absolute Gasteiger partial charge is 0.497 e. The zero-order valence-corrected chi connectivity index (χ0v) is 37.6. The lowest BCUT2D eigenvalue weighted by molar-refractivity contribution is -0.199. The molecule has 2 heterocycles. The molecule has 2 saturated heterocycles. The van der Waals surface area contributed by atoms with Crippen LogP contribution in [0, 0.1) is 23.2 Å². The fourth-order valence-electron chi connectivity index (χ4n) is 9.97. The van der Waals surface area contributed by atoms with Crippen molar-refractivity contribution in [2.75, 3.05) is 19.6 Å². The molecule has 7 rings (SSSR count). The first-order valence-electron chi connectivity index (χ1n) is 22.9. The number of aryl methyl sites for hydroxylation is 1. The van der Waals surface area contributed by atoms with Crippen LogP contribution in [0.1, 0.15) is 108 Å². The molecule has 5 fully saturated rings. The number of hydrogen-bond donors (Lipinski definition) is 8. The molecule has 0 aromatic heterocycles. The van der Waals surface area contributed by atoms with E-state index < -0.39 is 72.7 Å². The highest BCUT2D eigenvalue weighted by molar-refractivity contribution is 6.47. The van der Waals surface area contributed by atoms with Crippen molar-refractivity contribution in [1.82, 2.24) is 26.2 Å². The maximum Gasteiger partial charge on any atom is 0.497 e. The number of nitrogens with one attached hydrogen (secondary N) is 4. The van der Waals surface area contributed by atoms with Crippen molar-refractivity contribution < 1.29 is 38.4 Å². The SMILES string of the molecule is CCCCc1ccc(-c2ccc(C(=O)N3CCC(C(=O)N[C@H](C(=O)N[C@@H](N)C(=O)N[C@@H](CCCCN)C(=O)N[C@@H](N)B4OC5C[C@@H]6C[C@@H](C6(C)C)[C@]5(C)O4)[C@@H](C)O)CC3)cc2)cc1. The second-order valence-corrected chi connectivity index (χ2v) is 18.9. The Bertz CT molecular complexity index is 1930. The van der Waals surface area contributed by atoms with Gasteiger partial charge in [-0.2, -0.15) is 0 Å². The van der Waals surface area contributed by atoms with E-state index in [4.69, 9.17) is 26.5 Å². The number of piperidine rings is 1. The van der Waals surface area contributed by atoms with Crippen molar-refractivity contribution in [3.05, 3.63) is 59.7 Å². The first-order valence-corrected chi connectivity index (χ1v) is 22.9. The van der Waals surface area contributed by atoms with E-state index in [0.717, 1.165) is 43.2 Å². The number of likely N-dealkylation sites (tertiary alicyclic amines) is 1. The van der Waals surface area contributed by atoms with Gasteiger partial charge in [0.25, 0.3) is 11.8 Å². The molecular weight excluding hydrogens is 803 g/mol. The molecule has 9 atom stereocenters. The molecule has 11 N–H and O–H groups in total. The van der Waals surface area contributed by atoms with Crippen molar-refractivity contribution >= 4 is 36.7 Å². The van der Waals surface area contributed by atoms with E-state index in [9.17, 15) is 29.1 Å². The van der Waals surface area contributed by atoms with Crippen LogP contribution in [0.2, 0.25) is 0 Å². The highest BCUT2D eigenvalue weighted by Gasteiger charge is 2.68.